The summed E-state index contributed by atoms with van der Waals surface area (Å²) in [5.41, 5.74) is 0.919. The quantitative estimate of drug-likeness (QED) is 0.843. The van der Waals surface area contributed by atoms with Crippen molar-refractivity contribution in [3.63, 3.8) is 0 Å². The molecular formula is C10H9N3O2S. The van der Waals surface area contributed by atoms with Gasteiger partial charge in [-0.25, -0.2) is 0 Å². The van der Waals surface area contributed by atoms with E-state index in [1.807, 2.05) is 30.3 Å². The number of anilines is 1. The molecule has 1 heterocycles. The minimum Gasteiger partial charge on any atom is -0.480 e. The van der Waals surface area contributed by atoms with Crippen molar-refractivity contribution < 1.29 is 9.90 Å². The van der Waals surface area contributed by atoms with E-state index in [4.69, 9.17) is 5.11 Å². The molecule has 0 fully saturated rings. The summed E-state index contributed by atoms with van der Waals surface area (Å²) in [6.45, 7) is -0.149. The Hall–Kier alpha value is -1.95. The number of benzene rings is 1. The first-order valence-corrected chi connectivity index (χ1v) is 5.38. The predicted molar refractivity (Wildman–Crippen MR) is 61.5 cm³/mol. The topological polar surface area (TPSA) is 75.1 Å². The number of hydrogen-bond donors (Lipinski definition) is 2. The first kappa shape index (κ1) is 10.6. The SMILES string of the molecule is O=C(O)CNc1nc(-c2ccccc2)ns1. The van der Waals surface area contributed by atoms with Crippen LogP contribution < -0.4 is 5.32 Å². The lowest BCUT2D eigenvalue weighted by Crippen LogP contribution is -2.11. The number of aromatic nitrogens is 2. The first-order chi connectivity index (χ1) is 7.75. The monoisotopic (exact) mass is 235 g/mol. The molecule has 2 rings (SSSR count). The highest BCUT2D eigenvalue weighted by molar-refractivity contribution is 7.09. The molecule has 0 saturated carbocycles. The summed E-state index contributed by atoms with van der Waals surface area (Å²) in [6, 6.07) is 9.53. The van der Waals surface area contributed by atoms with Gasteiger partial charge in [0.2, 0.25) is 5.13 Å². The van der Waals surface area contributed by atoms with Gasteiger partial charge in [-0.05, 0) is 0 Å². The van der Waals surface area contributed by atoms with Crippen LogP contribution in [0.1, 0.15) is 0 Å². The molecule has 0 spiro atoms. The van der Waals surface area contributed by atoms with Gasteiger partial charge in [-0.2, -0.15) is 9.36 Å². The van der Waals surface area contributed by atoms with Gasteiger partial charge in [-0.15, -0.1) is 0 Å². The molecule has 0 saturated heterocycles. The van der Waals surface area contributed by atoms with Crippen LogP contribution in [0, 0.1) is 0 Å². The predicted octanol–water partition coefficient (Wildman–Crippen LogP) is 1.70. The van der Waals surface area contributed by atoms with Crippen LogP contribution in [0.2, 0.25) is 0 Å². The maximum Gasteiger partial charge on any atom is 0.322 e. The lowest BCUT2D eigenvalue weighted by Gasteiger charge is -1.95. The largest absolute Gasteiger partial charge is 0.480 e. The second-order valence-corrected chi connectivity index (χ2v) is 3.79. The normalized spacial score (nSPS) is 10.0. The summed E-state index contributed by atoms with van der Waals surface area (Å²) in [5, 5.41) is 11.7. The summed E-state index contributed by atoms with van der Waals surface area (Å²) < 4.78 is 4.14. The summed E-state index contributed by atoms with van der Waals surface area (Å²) in [7, 11) is 0. The van der Waals surface area contributed by atoms with Crippen LogP contribution in [-0.4, -0.2) is 27.0 Å². The maximum atomic E-state index is 10.3. The van der Waals surface area contributed by atoms with Crippen molar-refractivity contribution in [1.82, 2.24) is 9.36 Å². The molecule has 0 radical (unpaired) electrons. The van der Waals surface area contributed by atoms with E-state index < -0.39 is 5.97 Å². The molecule has 0 amide bonds. The van der Waals surface area contributed by atoms with E-state index in [0.29, 0.717) is 11.0 Å². The van der Waals surface area contributed by atoms with Crippen LogP contribution in [0.3, 0.4) is 0 Å². The molecule has 2 aromatic rings. The summed E-state index contributed by atoms with van der Waals surface area (Å²) >= 11 is 1.15. The van der Waals surface area contributed by atoms with Crippen molar-refractivity contribution >= 4 is 22.6 Å². The van der Waals surface area contributed by atoms with Crippen LogP contribution in [0.4, 0.5) is 5.13 Å². The lowest BCUT2D eigenvalue weighted by molar-refractivity contribution is -0.134. The van der Waals surface area contributed by atoms with E-state index >= 15 is 0 Å². The van der Waals surface area contributed by atoms with Crippen molar-refractivity contribution in [2.45, 2.75) is 0 Å². The molecule has 0 unspecified atom stereocenters. The standard InChI is InChI=1S/C10H9N3O2S/c14-8(15)6-11-10-12-9(13-16-10)7-4-2-1-3-5-7/h1-5H,6H2,(H,14,15)(H,11,12,13). The Labute approximate surface area is 95.9 Å². The molecule has 82 valence electrons. The van der Waals surface area contributed by atoms with Crippen molar-refractivity contribution in [2.24, 2.45) is 0 Å². The van der Waals surface area contributed by atoms with E-state index in [0.717, 1.165) is 17.1 Å². The Balaban J connectivity index is 2.11. The Kier molecular flexibility index (Phi) is 3.11. The Bertz CT molecular complexity index is 484. The number of rotatable bonds is 4. The van der Waals surface area contributed by atoms with E-state index in [9.17, 15) is 4.79 Å². The van der Waals surface area contributed by atoms with Crippen LogP contribution in [0.15, 0.2) is 30.3 Å². The third-order valence-corrected chi connectivity index (χ3v) is 2.52. The second-order valence-electron chi connectivity index (χ2n) is 3.04. The summed E-state index contributed by atoms with van der Waals surface area (Å²) in [5.74, 6) is -0.310. The first-order valence-electron chi connectivity index (χ1n) is 4.60. The minimum absolute atomic E-state index is 0.149. The molecule has 0 aliphatic heterocycles. The fraction of sp³-hybridized carbons (Fsp3) is 0.100. The van der Waals surface area contributed by atoms with Gasteiger partial charge in [0.15, 0.2) is 5.82 Å². The lowest BCUT2D eigenvalue weighted by atomic mass is 10.2. The number of carboxylic acid groups (broad SMARTS) is 1. The zero-order chi connectivity index (χ0) is 11.4. The third kappa shape index (κ3) is 2.54. The molecule has 0 aliphatic carbocycles. The van der Waals surface area contributed by atoms with Gasteiger partial charge < -0.3 is 10.4 Å². The molecule has 6 heteroatoms. The van der Waals surface area contributed by atoms with Crippen molar-refractivity contribution in [3.05, 3.63) is 30.3 Å². The van der Waals surface area contributed by atoms with Crippen molar-refractivity contribution in [2.75, 3.05) is 11.9 Å². The van der Waals surface area contributed by atoms with Crippen molar-refractivity contribution in [1.29, 1.82) is 0 Å². The zero-order valence-corrected chi connectivity index (χ0v) is 9.07. The number of aliphatic carboxylic acids is 1. The van der Waals surface area contributed by atoms with Crippen LogP contribution in [0.25, 0.3) is 11.4 Å². The Morgan fingerprint density at radius 2 is 2.12 bits per heavy atom. The van der Waals surface area contributed by atoms with Crippen molar-refractivity contribution in [3.8, 4) is 11.4 Å². The molecule has 16 heavy (non-hydrogen) atoms. The van der Waals surface area contributed by atoms with Crippen LogP contribution >= 0.6 is 11.5 Å². The van der Waals surface area contributed by atoms with Crippen LogP contribution in [-0.2, 0) is 4.79 Å². The van der Waals surface area contributed by atoms with E-state index in [1.54, 1.807) is 0 Å². The van der Waals surface area contributed by atoms with Gasteiger partial charge >= 0.3 is 5.97 Å². The highest BCUT2D eigenvalue weighted by Crippen LogP contribution is 2.20. The van der Waals surface area contributed by atoms with E-state index in [-0.39, 0.29) is 6.54 Å². The number of carboxylic acids is 1. The molecule has 0 aliphatic rings. The molecular weight excluding hydrogens is 226 g/mol. The molecule has 1 aromatic carbocycles. The molecule has 5 nitrogen and oxygen atoms in total. The van der Waals surface area contributed by atoms with Crippen LogP contribution in [0.5, 0.6) is 0 Å². The highest BCUT2D eigenvalue weighted by Gasteiger charge is 2.06. The van der Waals surface area contributed by atoms with Gasteiger partial charge in [-0.3, -0.25) is 4.79 Å². The van der Waals surface area contributed by atoms with E-state index in [1.165, 1.54) is 0 Å². The Morgan fingerprint density at radius 3 is 2.81 bits per heavy atom. The highest BCUT2D eigenvalue weighted by atomic mass is 32.1. The molecule has 0 bridgehead atoms. The van der Waals surface area contributed by atoms with Gasteiger partial charge in [0.1, 0.15) is 6.54 Å². The fourth-order valence-corrected chi connectivity index (χ4v) is 1.73. The number of carbonyl (C=O) groups is 1. The molecule has 2 N–H and O–H groups in total. The van der Waals surface area contributed by atoms with Gasteiger partial charge in [0.25, 0.3) is 0 Å². The molecule has 0 atom stereocenters. The average molecular weight is 235 g/mol. The zero-order valence-electron chi connectivity index (χ0n) is 8.25. The second kappa shape index (κ2) is 4.71. The summed E-state index contributed by atoms with van der Waals surface area (Å²) in [4.78, 5) is 14.5. The third-order valence-electron chi connectivity index (χ3n) is 1.85. The maximum absolute atomic E-state index is 10.3. The van der Waals surface area contributed by atoms with Gasteiger partial charge in [0, 0.05) is 17.1 Å². The number of hydrogen-bond acceptors (Lipinski definition) is 5. The minimum atomic E-state index is -0.920. The Morgan fingerprint density at radius 1 is 1.38 bits per heavy atom. The van der Waals surface area contributed by atoms with E-state index in [2.05, 4.69) is 14.7 Å². The average Bonchev–Trinajstić information content (AvgIpc) is 2.76. The number of nitrogens with zero attached hydrogens (tertiary/aromatic N) is 2. The van der Waals surface area contributed by atoms with Gasteiger partial charge in [0.05, 0.1) is 0 Å². The number of nitrogens with one attached hydrogen (secondary N) is 1. The van der Waals surface area contributed by atoms with Gasteiger partial charge in [-0.1, -0.05) is 30.3 Å². The smallest absolute Gasteiger partial charge is 0.322 e. The fourth-order valence-electron chi connectivity index (χ4n) is 1.15. The summed E-state index contributed by atoms with van der Waals surface area (Å²) in [6.07, 6.45) is 0. The molecule has 1 aromatic heterocycles.